The molecule has 0 spiro atoms. The highest BCUT2D eigenvalue weighted by Gasteiger charge is 2.24. The van der Waals surface area contributed by atoms with Gasteiger partial charge in [-0.2, -0.15) is 0 Å². The monoisotopic (exact) mass is 494 g/mol. The molecule has 1 aliphatic rings. The Hall–Kier alpha value is -3.70. The lowest BCUT2D eigenvalue weighted by Gasteiger charge is -2.28. The molecule has 1 aliphatic heterocycles. The molecule has 9 nitrogen and oxygen atoms in total. The number of sulfone groups is 1. The van der Waals surface area contributed by atoms with E-state index in [1.165, 1.54) is 12.1 Å². The van der Waals surface area contributed by atoms with Gasteiger partial charge in [0.2, 0.25) is 11.8 Å². The van der Waals surface area contributed by atoms with E-state index in [1.54, 1.807) is 6.92 Å². The van der Waals surface area contributed by atoms with Gasteiger partial charge in [-0.25, -0.2) is 22.8 Å². The highest BCUT2D eigenvalue weighted by atomic mass is 32.2. The van der Waals surface area contributed by atoms with Crippen LogP contribution in [0.25, 0.3) is 11.5 Å². The number of nitrogens with one attached hydrogen (secondary N) is 1. The maximum absolute atomic E-state index is 14.7. The second-order valence-electron chi connectivity index (χ2n) is 8.41. The highest BCUT2D eigenvalue weighted by molar-refractivity contribution is 7.90. The van der Waals surface area contributed by atoms with Gasteiger partial charge >= 0.3 is 0 Å². The summed E-state index contributed by atoms with van der Waals surface area (Å²) in [5.41, 5.74) is 2.73. The number of benzene rings is 2. The van der Waals surface area contributed by atoms with E-state index in [9.17, 15) is 12.8 Å². The number of nitrogens with zero attached hydrogens (tertiary/aromatic N) is 5. The molecule has 4 aromatic rings. The zero-order valence-electron chi connectivity index (χ0n) is 19.2. The number of fused-ring (bicyclic) bond motifs is 1. The number of aryl methyl sites for hydroxylation is 1. The Labute approximate surface area is 202 Å². The van der Waals surface area contributed by atoms with Crippen molar-refractivity contribution in [2.75, 3.05) is 18.1 Å². The third kappa shape index (κ3) is 5.05. The lowest BCUT2D eigenvalue weighted by molar-refractivity contribution is 0.220. The molecule has 3 heterocycles. The largest absolute Gasteiger partial charge is 0.419 e. The average molecular weight is 495 g/mol. The summed E-state index contributed by atoms with van der Waals surface area (Å²) in [5, 5.41) is 11.4. The van der Waals surface area contributed by atoms with Crippen LogP contribution in [0.2, 0.25) is 0 Å². The molecule has 0 saturated heterocycles. The lowest BCUT2D eigenvalue weighted by atomic mass is 10.1. The van der Waals surface area contributed by atoms with E-state index in [-0.39, 0.29) is 10.6 Å². The minimum Gasteiger partial charge on any atom is -0.419 e. The topological polar surface area (TPSA) is 114 Å². The van der Waals surface area contributed by atoms with Gasteiger partial charge in [-0.1, -0.05) is 18.2 Å². The molecule has 0 radical (unpaired) electrons. The predicted octanol–water partition coefficient (Wildman–Crippen LogP) is 3.68. The number of anilines is 2. The molecular formula is C24H23FN6O3S. The van der Waals surface area contributed by atoms with Crippen LogP contribution in [0, 0.1) is 12.7 Å². The summed E-state index contributed by atoms with van der Waals surface area (Å²) >= 11 is 0. The molecule has 11 heteroatoms. The van der Waals surface area contributed by atoms with E-state index >= 15 is 0 Å². The van der Waals surface area contributed by atoms with Crippen molar-refractivity contribution < 1.29 is 17.2 Å². The van der Waals surface area contributed by atoms with E-state index in [0.29, 0.717) is 42.9 Å². The molecule has 0 bridgehead atoms. The minimum atomic E-state index is -3.51. The molecule has 35 heavy (non-hydrogen) atoms. The van der Waals surface area contributed by atoms with Crippen LogP contribution in [0.3, 0.4) is 0 Å². The van der Waals surface area contributed by atoms with Gasteiger partial charge < -0.3 is 9.73 Å². The van der Waals surface area contributed by atoms with Crippen LogP contribution < -0.4 is 5.32 Å². The van der Waals surface area contributed by atoms with Crippen molar-refractivity contribution >= 4 is 21.3 Å². The van der Waals surface area contributed by atoms with Crippen LogP contribution in [0.15, 0.2) is 57.8 Å². The Kier molecular flexibility index (Phi) is 6.03. The third-order valence-electron chi connectivity index (χ3n) is 5.72. The van der Waals surface area contributed by atoms with Crippen LogP contribution >= 0.6 is 0 Å². The number of halogens is 1. The molecule has 180 valence electrons. The highest BCUT2D eigenvalue weighted by Crippen LogP contribution is 2.29. The van der Waals surface area contributed by atoms with Gasteiger partial charge in [0.1, 0.15) is 17.5 Å². The lowest BCUT2D eigenvalue weighted by Crippen LogP contribution is -2.32. The summed E-state index contributed by atoms with van der Waals surface area (Å²) in [5.74, 6) is 1.34. The first-order chi connectivity index (χ1) is 16.8. The van der Waals surface area contributed by atoms with Gasteiger partial charge in [-0.05, 0) is 37.3 Å². The molecule has 5 rings (SSSR count). The van der Waals surface area contributed by atoms with E-state index in [4.69, 9.17) is 4.42 Å². The molecule has 0 amide bonds. The van der Waals surface area contributed by atoms with Crippen molar-refractivity contribution in [2.24, 2.45) is 0 Å². The summed E-state index contributed by atoms with van der Waals surface area (Å²) in [4.78, 5) is 11.1. The number of rotatable bonds is 6. The summed E-state index contributed by atoms with van der Waals surface area (Å²) in [7, 11) is -3.51. The SMILES string of the molecule is Cc1nc2c(c(Nc3ccc(S(C)(=O)=O)cc3F)n1)CN(Cc1nnc(-c3ccccc3)o1)CC2. The fourth-order valence-electron chi connectivity index (χ4n) is 3.99. The normalized spacial score (nSPS) is 14.0. The molecule has 0 unspecified atom stereocenters. The molecule has 0 saturated carbocycles. The maximum atomic E-state index is 14.7. The molecular weight excluding hydrogens is 471 g/mol. The molecule has 0 fully saturated rings. The molecule has 2 aromatic heterocycles. The quantitative estimate of drug-likeness (QED) is 0.429. The van der Waals surface area contributed by atoms with Crippen LogP contribution in [0.4, 0.5) is 15.9 Å². The van der Waals surface area contributed by atoms with Crippen molar-refractivity contribution in [3.05, 3.63) is 77.3 Å². The maximum Gasteiger partial charge on any atom is 0.247 e. The summed E-state index contributed by atoms with van der Waals surface area (Å²) in [6, 6.07) is 13.3. The molecule has 1 N–H and O–H groups in total. The third-order valence-corrected chi connectivity index (χ3v) is 6.83. The minimum absolute atomic E-state index is 0.0814. The second kappa shape index (κ2) is 9.16. The van der Waals surface area contributed by atoms with Crippen LogP contribution in [-0.2, 0) is 29.3 Å². The molecule has 0 aliphatic carbocycles. The van der Waals surface area contributed by atoms with Crippen molar-refractivity contribution in [1.82, 2.24) is 25.1 Å². The molecule has 0 atom stereocenters. The number of aromatic nitrogens is 4. The Morgan fingerprint density at radius 1 is 1.11 bits per heavy atom. The first-order valence-electron chi connectivity index (χ1n) is 11.0. The first-order valence-corrected chi connectivity index (χ1v) is 12.9. The zero-order valence-corrected chi connectivity index (χ0v) is 20.0. The first kappa shape index (κ1) is 23.1. The predicted molar refractivity (Wildman–Crippen MR) is 127 cm³/mol. The molecule has 2 aromatic carbocycles. The van der Waals surface area contributed by atoms with Crippen molar-refractivity contribution in [3.8, 4) is 11.5 Å². The Balaban J connectivity index is 1.37. The van der Waals surface area contributed by atoms with Gasteiger partial charge in [0.15, 0.2) is 9.84 Å². The van der Waals surface area contributed by atoms with Crippen LogP contribution in [0.1, 0.15) is 23.0 Å². The van der Waals surface area contributed by atoms with Gasteiger partial charge in [-0.3, -0.25) is 4.90 Å². The standard InChI is InChI=1S/C24H23FN6O3S/c1-15-26-20-10-11-31(14-22-29-30-24(34-22)16-6-4-3-5-7-16)13-18(20)23(27-15)28-21-9-8-17(12-19(21)25)35(2,32)33/h3-9,12H,10-11,13-14H2,1-2H3,(H,26,27,28). The Morgan fingerprint density at radius 3 is 2.66 bits per heavy atom. The summed E-state index contributed by atoms with van der Waals surface area (Å²) in [6.45, 7) is 3.47. The second-order valence-corrected chi connectivity index (χ2v) is 10.4. The van der Waals surface area contributed by atoms with Crippen molar-refractivity contribution in [1.29, 1.82) is 0 Å². The fraction of sp³-hybridized carbons (Fsp3) is 0.250. The van der Waals surface area contributed by atoms with Gasteiger partial charge in [0.25, 0.3) is 0 Å². The average Bonchev–Trinajstić information content (AvgIpc) is 3.29. The zero-order chi connectivity index (χ0) is 24.6. The van der Waals surface area contributed by atoms with E-state index in [0.717, 1.165) is 35.7 Å². The fourth-order valence-corrected chi connectivity index (χ4v) is 4.63. The Bertz CT molecular complexity index is 1490. The van der Waals surface area contributed by atoms with Gasteiger partial charge in [0, 0.05) is 36.9 Å². The van der Waals surface area contributed by atoms with E-state index in [2.05, 4.69) is 30.4 Å². The summed E-state index contributed by atoms with van der Waals surface area (Å²) in [6.07, 6.45) is 1.72. The van der Waals surface area contributed by atoms with Crippen LogP contribution in [0.5, 0.6) is 0 Å². The number of hydrogen-bond donors (Lipinski definition) is 1. The van der Waals surface area contributed by atoms with E-state index in [1.807, 2.05) is 30.3 Å². The van der Waals surface area contributed by atoms with Crippen molar-refractivity contribution in [2.45, 2.75) is 31.3 Å². The van der Waals surface area contributed by atoms with Crippen LogP contribution in [-0.4, -0.2) is 46.3 Å². The van der Waals surface area contributed by atoms with E-state index < -0.39 is 15.7 Å². The smallest absolute Gasteiger partial charge is 0.247 e. The Morgan fingerprint density at radius 2 is 1.91 bits per heavy atom. The van der Waals surface area contributed by atoms with Crippen molar-refractivity contribution in [3.63, 3.8) is 0 Å². The number of hydrogen-bond acceptors (Lipinski definition) is 9. The van der Waals surface area contributed by atoms with Gasteiger partial charge in [0.05, 0.1) is 22.8 Å². The summed E-state index contributed by atoms with van der Waals surface area (Å²) < 4.78 is 44.0. The van der Waals surface area contributed by atoms with Gasteiger partial charge in [-0.15, -0.1) is 10.2 Å².